The molecule has 1 aliphatic heterocycles. The first-order valence-corrected chi connectivity index (χ1v) is 6.59. The quantitative estimate of drug-likeness (QED) is 0.847. The number of nitrogens with zero attached hydrogens (tertiary/aromatic N) is 4. The number of rotatable bonds is 3. The number of anilines is 1. The van der Waals surface area contributed by atoms with Crippen LogP contribution in [0.1, 0.15) is 6.92 Å². The minimum Gasteiger partial charge on any atom is -0.326 e. The molecule has 0 aliphatic carbocycles. The number of aromatic nitrogens is 4. The maximum absolute atomic E-state index is 12.2. The van der Waals surface area contributed by atoms with Crippen molar-refractivity contribution in [1.82, 2.24) is 25.5 Å². The summed E-state index contributed by atoms with van der Waals surface area (Å²) in [4.78, 5) is 12.2. The highest BCUT2D eigenvalue weighted by Crippen LogP contribution is 2.19. The van der Waals surface area contributed by atoms with Crippen molar-refractivity contribution in [2.24, 2.45) is 11.8 Å². The second-order valence-corrected chi connectivity index (χ2v) is 5.04. The van der Waals surface area contributed by atoms with Gasteiger partial charge >= 0.3 is 0 Å². The predicted octanol–water partition coefficient (Wildman–Crippen LogP) is 0.456. The Balaban J connectivity index is 1.74. The molecule has 7 nitrogen and oxygen atoms in total. The number of tetrazole rings is 1. The molecule has 2 atom stereocenters. The van der Waals surface area contributed by atoms with E-state index in [9.17, 15) is 4.79 Å². The van der Waals surface area contributed by atoms with Gasteiger partial charge in [0.05, 0.1) is 11.6 Å². The van der Waals surface area contributed by atoms with E-state index in [1.807, 2.05) is 24.3 Å². The summed E-state index contributed by atoms with van der Waals surface area (Å²) in [5.74, 6) is 0.431. The lowest BCUT2D eigenvalue weighted by molar-refractivity contribution is -0.120. The Bertz CT molecular complexity index is 597. The number of carbonyl (C=O) groups is 1. The van der Waals surface area contributed by atoms with E-state index in [1.54, 1.807) is 4.68 Å². The number of nitrogens with one attached hydrogen (secondary N) is 2. The van der Waals surface area contributed by atoms with Gasteiger partial charge in [-0.1, -0.05) is 13.0 Å². The van der Waals surface area contributed by atoms with Crippen LogP contribution in [0.15, 0.2) is 30.6 Å². The Morgan fingerprint density at radius 3 is 3.05 bits per heavy atom. The number of hydrogen-bond donors (Lipinski definition) is 2. The summed E-state index contributed by atoms with van der Waals surface area (Å²) in [7, 11) is 0. The molecule has 0 spiro atoms. The molecular formula is C13H16N6O. The van der Waals surface area contributed by atoms with Gasteiger partial charge in [0.15, 0.2) is 0 Å². The fourth-order valence-electron chi connectivity index (χ4n) is 2.40. The molecule has 1 aliphatic rings. The highest BCUT2D eigenvalue weighted by atomic mass is 16.1. The normalized spacial score (nSPS) is 21.9. The molecule has 1 saturated heterocycles. The van der Waals surface area contributed by atoms with Crippen molar-refractivity contribution < 1.29 is 4.79 Å². The first kappa shape index (κ1) is 12.7. The lowest BCUT2D eigenvalue weighted by atomic mass is 9.97. The molecule has 1 amide bonds. The van der Waals surface area contributed by atoms with Crippen molar-refractivity contribution in [2.45, 2.75) is 6.92 Å². The fourth-order valence-corrected chi connectivity index (χ4v) is 2.40. The third-order valence-electron chi connectivity index (χ3n) is 3.58. The predicted molar refractivity (Wildman–Crippen MR) is 73.3 cm³/mol. The average Bonchev–Trinajstić information content (AvgIpc) is 3.09. The molecule has 0 bridgehead atoms. The van der Waals surface area contributed by atoms with Gasteiger partial charge in [0.25, 0.3) is 0 Å². The van der Waals surface area contributed by atoms with Gasteiger partial charge in [-0.15, -0.1) is 5.10 Å². The van der Waals surface area contributed by atoms with Crippen LogP contribution in [0.25, 0.3) is 5.69 Å². The van der Waals surface area contributed by atoms with Crippen LogP contribution >= 0.6 is 0 Å². The van der Waals surface area contributed by atoms with Crippen molar-refractivity contribution in [2.75, 3.05) is 18.4 Å². The number of amides is 1. The first-order valence-electron chi connectivity index (χ1n) is 6.59. The molecule has 2 aromatic rings. The second kappa shape index (κ2) is 5.38. The minimum atomic E-state index is 0.0201. The Labute approximate surface area is 116 Å². The molecule has 104 valence electrons. The van der Waals surface area contributed by atoms with E-state index in [4.69, 9.17) is 0 Å². The van der Waals surface area contributed by atoms with Gasteiger partial charge in [0.2, 0.25) is 5.91 Å². The molecule has 20 heavy (non-hydrogen) atoms. The molecule has 0 unspecified atom stereocenters. The summed E-state index contributed by atoms with van der Waals surface area (Å²) in [6, 6.07) is 7.45. The maximum atomic E-state index is 12.2. The topological polar surface area (TPSA) is 84.7 Å². The summed E-state index contributed by atoms with van der Waals surface area (Å²) in [6.07, 6.45) is 1.52. The molecular weight excluding hydrogens is 256 g/mol. The minimum absolute atomic E-state index is 0.0201. The maximum Gasteiger partial charge on any atom is 0.229 e. The SMILES string of the molecule is C[C@@H]1CNC[C@H]1C(=O)Nc1cccc(-n2cnnn2)c1. The van der Waals surface area contributed by atoms with E-state index >= 15 is 0 Å². The molecule has 1 fully saturated rings. The van der Waals surface area contributed by atoms with E-state index < -0.39 is 0 Å². The van der Waals surface area contributed by atoms with Crippen molar-refractivity contribution in [3.8, 4) is 5.69 Å². The lowest BCUT2D eigenvalue weighted by Crippen LogP contribution is -2.27. The van der Waals surface area contributed by atoms with Crippen LogP contribution in [0.2, 0.25) is 0 Å². The highest BCUT2D eigenvalue weighted by Gasteiger charge is 2.29. The van der Waals surface area contributed by atoms with Crippen LogP contribution in [0, 0.1) is 11.8 Å². The van der Waals surface area contributed by atoms with Gasteiger partial charge in [0.1, 0.15) is 6.33 Å². The fraction of sp³-hybridized carbons (Fsp3) is 0.385. The molecule has 1 aromatic carbocycles. The second-order valence-electron chi connectivity index (χ2n) is 5.04. The Hall–Kier alpha value is -2.28. The summed E-state index contributed by atoms with van der Waals surface area (Å²) in [5.41, 5.74) is 1.56. The highest BCUT2D eigenvalue weighted by molar-refractivity contribution is 5.93. The zero-order valence-electron chi connectivity index (χ0n) is 11.2. The van der Waals surface area contributed by atoms with E-state index in [2.05, 4.69) is 33.1 Å². The van der Waals surface area contributed by atoms with Gasteiger partial charge in [-0.25, -0.2) is 4.68 Å². The van der Waals surface area contributed by atoms with E-state index in [0.29, 0.717) is 5.92 Å². The van der Waals surface area contributed by atoms with E-state index in [0.717, 1.165) is 24.5 Å². The first-order chi connectivity index (χ1) is 9.74. The Morgan fingerprint density at radius 1 is 1.45 bits per heavy atom. The third-order valence-corrected chi connectivity index (χ3v) is 3.58. The zero-order valence-corrected chi connectivity index (χ0v) is 11.2. The molecule has 2 N–H and O–H groups in total. The molecule has 0 saturated carbocycles. The van der Waals surface area contributed by atoms with Gasteiger partial charge in [-0.3, -0.25) is 4.79 Å². The third kappa shape index (κ3) is 2.53. The van der Waals surface area contributed by atoms with Crippen molar-refractivity contribution >= 4 is 11.6 Å². The van der Waals surface area contributed by atoms with Crippen LogP contribution in [-0.4, -0.2) is 39.2 Å². The smallest absolute Gasteiger partial charge is 0.229 e. The summed E-state index contributed by atoms with van der Waals surface area (Å²) < 4.78 is 1.55. The number of hydrogen-bond acceptors (Lipinski definition) is 5. The van der Waals surface area contributed by atoms with E-state index in [1.165, 1.54) is 6.33 Å². The molecule has 2 heterocycles. The van der Waals surface area contributed by atoms with Gasteiger partial charge in [0, 0.05) is 12.2 Å². The van der Waals surface area contributed by atoms with Crippen LogP contribution in [-0.2, 0) is 4.79 Å². The Morgan fingerprint density at radius 2 is 2.35 bits per heavy atom. The van der Waals surface area contributed by atoms with Crippen LogP contribution in [0.3, 0.4) is 0 Å². The summed E-state index contributed by atoms with van der Waals surface area (Å²) in [6.45, 7) is 3.71. The van der Waals surface area contributed by atoms with Crippen LogP contribution in [0.4, 0.5) is 5.69 Å². The summed E-state index contributed by atoms with van der Waals surface area (Å²) in [5, 5.41) is 17.2. The Kier molecular flexibility index (Phi) is 3.42. The van der Waals surface area contributed by atoms with Crippen molar-refractivity contribution in [3.63, 3.8) is 0 Å². The van der Waals surface area contributed by atoms with Crippen molar-refractivity contribution in [3.05, 3.63) is 30.6 Å². The van der Waals surface area contributed by atoms with Crippen LogP contribution in [0.5, 0.6) is 0 Å². The average molecular weight is 272 g/mol. The lowest BCUT2D eigenvalue weighted by Gasteiger charge is -2.14. The standard InChI is InChI=1S/C13H16N6O/c1-9-6-14-7-12(9)13(20)16-10-3-2-4-11(5-10)19-8-15-17-18-19/h2-5,8-9,12,14H,6-7H2,1H3,(H,16,20)/t9-,12-/m1/s1. The van der Waals surface area contributed by atoms with Gasteiger partial charge in [-0.05, 0) is 41.1 Å². The summed E-state index contributed by atoms with van der Waals surface area (Å²) >= 11 is 0. The van der Waals surface area contributed by atoms with Crippen molar-refractivity contribution in [1.29, 1.82) is 0 Å². The molecule has 1 aromatic heterocycles. The number of benzene rings is 1. The van der Waals surface area contributed by atoms with Gasteiger partial charge < -0.3 is 10.6 Å². The molecule has 0 radical (unpaired) electrons. The monoisotopic (exact) mass is 272 g/mol. The number of carbonyl (C=O) groups excluding carboxylic acids is 1. The molecule has 7 heteroatoms. The largest absolute Gasteiger partial charge is 0.326 e. The zero-order chi connectivity index (χ0) is 13.9. The van der Waals surface area contributed by atoms with Gasteiger partial charge in [-0.2, -0.15) is 0 Å². The molecule has 3 rings (SSSR count). The van der Waals surface area contributed by atoms with Crippen LogP contribution < -0.4 is 10.6 Å². The van der Waals surface area contributed by atoms with E-state index in [-0.39, 0.29) is 11.8 Å².